The number of hydrogen-bond donors (Lipinski definition) is 2. The van der Waals surface area contributed by atoms with Crippen molar-refractivity contribution in [2.75, 3.05) is 0 Å². The number of H-pyrrole nitrogens is 2. The Labute approximate surface area is 56.7 Å². The van der Waals surface area contributed by atoms with Gasteiger partial charge in [0.2, 0.25) is 0 Å². The smallest absolute Gasteiger partial charge is 0.271 e. The first-order chi connectivity index (χ1) is 4.88. The van der Waals surface area contributed by atoms with Crippen LogP contribution < -0.4 is 5.56 Å². The molecular weight excluding hydrogens is 128 g/mol. The molecule has 0 spiro atoms. The van der Waals surface area contributed by atoms with Crippen LogP contribution in [0.2, 0.25) is 0 Å². The van der Waals surface area contributed by atoms with Crippen molar-refractivity contribution < 1.29 is 0 Å². The molecule has 0 unspecified atom stereocenters. The van der Waals surface area contributed by atoms with E-state index in [0.717, 1.165) is 5.52 Å². The van der Waals surface area contributed by atoms with Gasteiger partial charge in [0.15, 0.2) is 0 Å². The molecule has 10 heavy (non-hydrogen) atoms. The van der Waals surface area contributed by atoms with Gasteiger partial charge in [-0.1, -0.05) is 6.07 Å². The summed E-state index contributed by atoms with van der Waals surface area (Å²) in [6.45, 7) is 0. The number of fused-ring (bicyclic) bond motifs is 1. The lowest BCUT2D eigenvalue weighted by atomic mass is 10.3. The van der Waals surface area contributed by atoms with Gasteiger partial charge in [-0.25, -0.2) is 0 Å². The normalized spacial score (nSPS) is 10.4. The minimum atomic E-state index is -0.0796. The third-order valence-corrected chi connectivity index (χ3v) is 1.42. The van der Waals surface area contributed by atoms with E-state index in [1.165, 1.54) is 0 Å². The lowest BCUT2D eigenvalue weighted by Crippen LogP contribution is -1.96. The molecule has 0 aliphatic heterocycles. The summed E-state index contributed by atoms with van der Waals surface area (Å²) in [6.07, 6.45) is 0. The SMILES string of the molecule is O=c1[nH][nH]c2c[c]ccc12. The number of aromatic nitrogens is 2. The van der Waals surface area contributed by atoms with E-state index in [1.54, 1.807) is 18.2 Å². The topological polar surface area (TPSA) is 48.6 Å². The molecule has 3 nitrogen and oxygen atoms in total. The largest absolute Gasteiger partial charge is 0.298 e. The maximum Gasteiger partial charge on any atom is 0.271 e. The summed E-state index contributed by atoms with van der Waals surface area (Å²) in [7, 11) is 0. The second-order valence-electron chi connectivity index (χ2n) is 2.05. The summed E-state index contributed by atoms with van der Waals surface area (Å²) in [5.74, 6) is 0. The van der Waals surface area contributed by atoms with Crippen LogP contribution in [0, 0.1) is 6.07 Å². The van der Waals surface area contributed by atoms with E-state index in [1.807, 2.05) is 0 Å². The summed E-state index contributed by atoms with van der Waals surface area (Å²) < 4.78 is 0. The summed E-state index contributed by atoms with van der Waals surface area (Å²) in [5.41, 5.74) is 0.719. The zero-order chi connectivity index (χ0) is 6.97. The molecule has 2 N–H and O–H groups in total. The maximum atomic E-state index is 10.9. The molecule has 0 fully saturated rings. The van der Waals surface area contributed by atoms with E-state index < -0.39 is 0 Å². The van der Waals surface area contributed by atoms with Crippen LogP contribution in [0.15, 0.2) is 23.0 Å². The Bertz CT molecular complexity index is 399. The maximum absolute atomic E-state index is 10.9. The number of nitrogens with one attached hydrogen (secondary N) is 2. The first kappa shape index (κ1) is 5.29. The molecule has 0 bridgehead atoms. The van der Waals surface area contributed by atoms with E-state index in [2.05, 4.69) is 16.3 Å². The number of aromatic amines is 2. The Morgan fingerprint density at radius 2 is 2.30 bits per heavy atom. The van der Waals surface area contributed by atoms with Gasteiger partial charge in [-0.3, -0.25) is 15.0 Å². The highest BCUT2D eigenvalue weighted by Crippen LogP contribution is 2.02. The van der Waals surface area contributed by atoms with Crippen LogP contribution in [-0.2, 0) is 0 Å². The Morgan fingerprint density at radius 1 is 1.40 bits per heavy atom. The van der Waals surface area contributed by atoms with Gasteiger partial charge in [-0.2, -0.15) is 0 Å². The van der Waals surface area contributed by atoms with Gasteiger partial charge in [0.05, 0.1) is 10.9 Å². The number of rotatable bonds is 0. The molecule has 1 radical (unpaired) electrons. The van der Waals surface area contributed by atoms with Crippen LogP contribution in [-0.4, -0.2) is 10.2 Å². The first-order valence-electron chi connectivity index (χ1n) is 2.94. The summed E-state index contributed by atoms with van der Waals surface area (Å²) in [5, 5.41) is 5.87. The van der Waals surface area contributed by atoms with Gasteiger partial charge >= 0.3 is 0 Å². The molecule has 0 saturated heterocycles. The van der Waals surface area contributed by atoms with E-state index in [9.17, 15) is 4.79 Å². The van der Waals surface area contributed by atoms with Crippen LogP contribution in [0.25, 0.3) is 10.9 Å². The van der Waals surface area contributed by atoms with Crippen LogP contribution >= 0.6 is 0 Å². The Hall–Kier alpha value is -1.51. The molecule has 0 saturated carbocycles. The predicted molar refractivity (Wildman–Crippen MR) is 37.8 cm³/mol. The summed E-state index contributed by atoms with van der Waals surface area (Å²) >= 11 is 0. The second-order valence-corrected chi connectivity index (χ2v) is 2.05. The van der Waals surface area contributed by atoms with Gasteiger partial charge in [0, 0.05) is 0 Å². The summed E-state index contributed by atoms with van der Waals surface area (Å²) in [6, 6.07) is 8.03. The van der Waals surface area contributed by atoms with Crippen LogP contribution in [0.3, 0.4) is 0 Å². The van der Waals surface area contributed by atoms with Crippen molar-refractivity contribution in [1.29, 1.82) is 0 Å². The van der Waals surface area contributed by atoms with Gasteiger partial charge in [0.1, 0.15) is 0 Å². The van der Waals surface area contributed by atoms with E-state index in [0.29, 0.717) is 5.39 Å². The highest BCUT2D eigenvalue weighted by atomic mass is 16.1. The fraction of sp³-hybridized carbons (Fsp3) is 0. The van der Waals surface area contributed by atoms with Crippen LogP contribution in [0.4, 0.5) is 0 Å². The van der Waals surface area contributed by atoms with Gasteiger partial charge in [-0.05, 0) is 18.2 Å². The molecule has 49 valence electrons. The third-order valence-electron chi connectivity index (χ3n) is 1.42. The summed E-state index contributed by atoms with van der Waals surface area (Å²) in [4.78, 5) is 10.9. The quantitative estimate of drug-likeness (QED) is 0.544. The van der Waals surface area contributed by atoms with Crippen LogP contribution in [0.5, 0.6) is 0 Å². The highest BCUT2D eigenvalue weighted by Gasteiger charge is 1.95. The second kappa shape index (κ2) is 1.73. The average Bonchev–Trinajstić information content (AvgIpc) is 2.34. The van der Waals surface area contributed by atoms with Crippen molar-refractivity contribution >= 4 is 10.9 Å². The molecule has 0 atom stereocenters. The lowest BCUT2D eigenvalue weighted by Gasteiger charge is -1.80. The Balaban J connectivity index is 3.07. The number of hydrogen-bond acceptors (Lipinski definition) is 1. The molecule has 2 rings (SSSR count). The molecule has 1 aromatic carbocycles. The minimum absolute atomic E-state index is 0.0796. The minimum Gasteiger partial charge on any atom is -0.298 e. The van der Waals surface area contributed by atoms with Crippen molar-refractivity contribution in [1.82, 2.24) is 10.2 Å². The van der Waals surface area contributed by atoms with Gasteiger partial charge in [0.25, 0.3) is 5.56 Å². The molecule has 0 amide bonds. The zero-order valence-corrected chi connectivity index (χ0v) is 5.14. The van der Waals surface area contributed by atoms with Gasteiger partial charge < -0.3 is 0 Å². The molecule has 2 aromatic rings. The van der Waals surface area contributed by atoms with Crippen molar-refractivity contribution in [3.8, 4) is 0 Å². The van der Waals surface area contributed by atoms with Crippen LogP contribution in [0.1, 0.15) is 0 Å². The molecule has 1 aromatic heterocycles. The highest BCUT2D eigenvalue weighted by molar-refractivity contribution is 5.76. The molecule has 0 aliphatic carbocycles. The Morgan fingerprint density at radius 3 is 3.10 bits per heavy atom. The third kappa shape index (κ3) is 0.572. The molecular formula is C7H5N2O. The monoisotopic (exact) mass is 133 g/mol. The zero-order valence-electron chi connectivity index (χ0n) is 5.14. The molecule has 3 heteroatoms. The molecule has 1 heterocycles. The van der Waals surface area contributed by atoms with E-state index in [-0.39, 0.29) is 5.56 Å². The van der Waals surface area contributed by atoms with Gasteiger partial charge in [-0.15, -0.1) is 0 Å². The van der Waals surface area contributed by atoms with Crippen molar-refractivity contribution in [3.63, 3.8) is 0 Å². The fourth-order valence-electron chi connectivity index (χ4n) is 0.923. The average molecular weight is 133 g/mol. The van der Waals surface area contributed by atoms with Crippen molar-refractivity contribution in [3.05, 3.63) is 34.6 Å². The fourth-order valence-corrected chi connectivity index (χ4v) is 0.923. The van der Waals surface area contributed by atoms with E-state index in [4.69, 9.17) is 0 Å². The first-order valence-corrected chi connectivity index (χ1v) is 2.94. The predicted octanol–water partition coefficient (Wildman–Crippen LogP) is 0.656. The van der Waals surface area contributed by atoms with Crippen molar-refractivity contribution in [2.45, 2.75) is 0 Å². The lowest BCUT2D eigenvalue weighted by molar-refractivity contribution is 1.08. The standard InChI is InChI=1S/C7H5N2O/c10-7-5-3-1-2-4-6(5)8-9-7/h1,3-4H,(H2,8,9,10). The number of benzene rings is 1. The van der Waals surface area contributed by atoms with Crippen molar-refractivity contribution in [2.24, 2.45) is 0 Å². The molecule has 0 aliphatic rings. The Kier molecular flexibility index (Phi) is 0.917. The van der Waals surface area contributed by atoms with E-state index >= 15 is 0 Å².